The largest absolute Gasteiger partial charge is 0.361 e. The Morgan fingerprint density at radius 3 is 3.15 bits per heavy atom. The molecule has 1 aliphatic heterocycles. The van der Waals surface area contributed by atoms with E-state index in [9.17, 15) is 0 Å². The standard InChI is InChI=1S/C17H17N3/c1-2-15(4-3-13-7-9-18-12-13)20-16-5-6-17-14(11-16)8-10-19-17/h2-3,5-6,8-11,19H,1,4,7,12H2/b13-3-,20-15?. The molecule has 20 heavy (non-hydrogen) atoms. The zero-order valence-electron chi connectivity index (χ0n) is 11.3. The lowest BCUT2D eigenvalue weighted by Crippen LogP contribution is -1.92. The summed E-state index contributed by atoms with van der Waals surface area (Å²) >= 11 is 0. The summed E-state index contributed by atoms with van der Waals surface area (Å²) in [5.74, 6) is 0. The van der Waals surface area contributed by atoms with Gasteiger partial charge in [-0.05, 0) is 35.9 Å². The maximum Gasteiger partial charge on any atom is 0.0640 e. The van der Waals surface area contributed by atoms with Crippen molar-refractivity contribution in [1.29, 1.82) is 0 Å². The van der Waals surface area contributed by atoms with Crippen LogP contribution in [0, 0.1) is 0 Å². The minimum atomic E-state index is 0.813. The highest BCUT2D eigenvalue weighted by Gasteiger charge is 2.02. The minimum Gasteiger partial charge on any atom is -0.361 e. The fraction of sp³-hybridized carbons (Fsp3) is 0.176. The molecular formula is C17H17N3. The third-order valence-electron chi connectivity index (χ3n) is 3.42. The first kappa shape index (κ1) is 12.6. The smallest absolute Gasteiger partial charge is 0.0640 e. The summed E-state index contributed by atoms with van der Waals surface area (Å²) in [6.07, 6.45) is 9.73. The summed E-state index contributed by atoms with van der Waals surface area (Å²) < 4.78 is 0. The van der Waals surface area contributed by atoms with Crippen molar-refractivity contribution < 1.29 is 0 Å². The molecule has 0 fully saturated rings. The van der Waals surface area contributed by atoms with E-state index in [1.54, 1.807) is 0 Å². The number of aromatic amines is 1. The van der Waals surface area contributed by atoms with Gasteiger partial charge in [0.2, 0.25) is 0 Å². The van der Waals surface area contributed by atoms with E-state index >= 15 is 0 Å². The number of H-pyrrole nitrogens is 1. The van der Waals surface area contributed by atoms with Crippen LogP contribution in [-0.2, 0) is 0 Å². The van der Waals surface area contributed by atoms with E-state index in [1.807, 2.05) is 24.6 Å². The number of nitrogens with zero attached hydrogens (tertiary/aromatic N) is 2. The normalized spacial score (nSPS) is 17.2. The zero-order chi connectivity index (χ0) is 13.8. The number of nitrogens with one attached hydrogen (secondary N) is 1. The van der Waals surface area contributed by atoms with Crippen molar-refractivity contribution in [3.8, 4) is 0 Å². The highest BCUT2D eigenvalue weighted by molar-refractivity contribution is 5.98. The molecule has 3 heteroatoms. The SMILES string of the molecule is C=CC(C/C=C1/CC=NC1)=Nc1ccc2[nH]ccc2c1. The number of benzene rings is 1. The molecule has 0 atom stereocenters. The fourth-order valence-corrected chi connectivity index (χ4v) is 2.28. The molecule has 0 saturated carbocycles. The molecule has 1 aromatic heterocycles. The van der Waals surface area contributed by atoms with Crippen molar-refractivity contribution in [2.24, 2.45) is 9.98 Å². The molecule has 100 valence electrons. The second kappa shape index (κ2) is 5.70. The summed E-state index contributed by atoms with van der Waals surface area (Å²) in [4.78, 5) is 12.1. The van der Waals surface area contributed by atoms with E-state index in [2.05, 4.69) is 45.8 Å². The molecule has 0 radical (unpaired) electrons. The van der Waals surface area contributed by atoms with Crippen molar-refractivity contribution in [2.45, 2.75) is 12.8 Å². The predicted molar refractivity (Wildman–Crippen MR) is 86.3 cm³/mol. The van der Waals surface area contributed by atoms with Gasteiger partial charge in [0.1, 0.15) is 0 Å². The number of allylic oxidation sites excluding steroid dienone is 2. The highest BCUT2D eigenvalue weighted by Crippen LogP contribution is 2.21. The van der Waals surface area contributed by atoms with Crippen LogP contribution in [0.3, 0.4) is 0 Å². The molecular weight excluding hydrogens is 246 g/mol. The predicted octanol–water partition coefficient (Wildman–Crippen LogP) is 4.22. The quantitative estimate of drug-likeness (QED) is 0.634. The second-order valence-electron chi connectivity index (χ2n) is 4.85. The third-order valence-corrected chi connectivity index (χ3v) is 3.42. The van der Waals surface area contributed by atoms with E-state index < -0.39 is 0 Å². The maximum atomic E-state index is 4.67. The van der Waals surface area contributed by atoms with Gasteiger partial charge in [0.05, 0.1) is 12.2 Å². The first-order valence-corrected chi connectivity index (χ1v) is 6.78. The first-order chi connectivity index (χ1) is 9.85. The van der Waals surface area contributed by atoms with Crippen molar-refractivity contribution >= 4 is 28.5 Å². The number of aromatic nitrogens is 1. The van der Waals surface area contributed by atoms with Crippen molar-refractivity contribution in [3.63, 3.8) is 0 Å². The lowest BCUT2D eigenvalue weighted by atomic mass is 10.1. The average Bonchev–Trinajstić information content (AvgIpc) is 3.13. The number of hydrogen-bond acceptors (Lipinski definition) is 2. The minimum absolute atomic E-state index is 0.813. The number of aliphatic imine (C=N–C) groups is 2. The molecule has 2 aromatic rings. The van der Waals surface area contributed by atoms with Gasteiger partial charge in [-0.2, -0.15) is 0 Å². The summed E-state index contributed by atoms with van der Waals surface area (Å²) in [5.41, 5.74) is 4.45. The van der Waals surface area contributed by atoms with Gasteiger partial charge in [0.25, 0.3) is 0 Å². The van der Waals surface area contributed by atoms with Gasteiger partial charge in [-0.25, -0.2) is 0 Å². The van der Waals surface area contributed by atoms with Crippen molar-refractivity contribution in [2.75, 3.05) is 6.54 Å². The van der Waals surface area contributed by atoms with Gasteiger partial charge in [-0.3, -0.25) is 9.98 Å². The van der Waals surface area contributed by atoms with Crippen LogP contribution in [0.2, 0.25) is 0 Å². The lowest BCUT2D eigenvalue weighted by Gasteiger charge is -2.00. The Morgan fingerprint density at radius 2 is 2.35 bits per heavy atom. The van der Waals surface area contributed by atoms with E-state index in [0.29, 0.717) is 0 Å². The molecule has 3 nitrogen and oxygen atoms in total. The van der Waals surface area contributed by atoms with Gasteiger partial charge in [0.15, 0.2) is 0 Å². The zero-order valence-corrected chi connectivity index (χ0v) is 11.3. The molecule has 0 aliphatic carbocycles. The molecule has 0 amide bonds. The molecule has 2 heterocycles. The Labute approximate surface area is 118 Å². The van der Waals surface area contributed by atoms with Crippen molar-refractivity contribution in [1.82, 2.24) is 4.98 Å². The van der Waals surface area contributed by atoms with Crippen LogP contribution in [0.4, 0.5) is 5.69 Å². The molecule has 3 rings (SSSR count). The average molecular weight is 263 g/mol. The first-order valence-electron chi connectivity index (χ1n) is 6.78. The molecule has 1 aliphatic rings. The van der Waals surface area contributed by atoms with Crippen LogP contribution < -0.4 is 0 Å². The molecule has 0 unspecified atom stereocenters. The van der Waals surface area contributed by atoms with Gasteiger partial charge < -0.3 is 4.98 Å². The van der Waals surface area contributed by atoms with Crippen LogP contribution in [0.1, 0.15) is 12.8 Å². The topological polar surface area (TPSA) is 40.5 Å². The van der Waals surface area contributed by atoms with Crippen LogP contribution >= 0.6 is 0 Å². The van der Waals surface area contributed by atoms with E-state index in [-0.39, 0.29) is 0 Å². The molecule has 1 aromatic carbocycles. The van der Waals surface area contributed by atoms with E-state index in [1.165, 1.54) is 11.0 Å². The lowest BCUT2D eigenvalue weighted by molar-refractivity contribution is 1.16. The van der Waals surface area contributed by atoms with Crippen LogP contribution in [0.25, 0.3) is 10.9 Å². The van der Waals surface area contributed by atoms with Gasteiger partial charge >= 0.3 is 0 Å². The highest BCUT2D eigenvalue weighted by atomic mass is 14.8. The van der Waals surface area contributed by atoms with Crippen LogP contribution in [0.5, 0.6) is 0 Å². The number of hydrogen-bond donors (Lipinski definition) is 1. The molecule has 0 bridgehead atoms. The Balaban J connectivity index is 1.80. The Kier molecular flexibility index (Phi) is 3.59. The fourth-order valence-electron chi connectivity index (χ4n) is 2.28. The van der Waals surface area contributed by atoms with Gasteiger partial charge in [0, 0.05) is 41.9 Å². The molecule has 0 saturated heterocycles. The monoisotopic (exact) mass is 263 g/mol. The van der Waals surface area contributed by atoms with Gasteiger partial charge in [-0.1, -0.05) is 12.7 Å². The molecule has 0 spiro atoms. The Morgan fingerprint density at radius 1 is 1.40 bits per heavy atom. The van der Waals surface area contributed by atoms with E-state index in [4.69, 9.17) is 0 Å². The number of rotatable bonds is 4. The number of fused-ring (bicyclic) bond motifs is 1. The van der Waals surface area contributed by atoms with Gasteiger partial charge in [-0.15, -0.1) is 0 Å². The maximum absolute atomic E-state index is 4.67. The summed E-state index contributed by atoms with van der Waals surface area (Å²) in [6, 6.07) is 8.22. The Bertz CT molecular complexity index is 707. The summed E-state index contributed by atoms with van der Waals surface area (Å²) in [7, 11) is 0. The summed E-state index contributed by atoms with van der Waals surface area (Å²) in [5, 5.41) is 1.18. The molecule has 1 N–H and O–H groups in total. The third kappa shape index (κ3) is 2.77. The van der Waals surface area contributed by atoms with Crippen LogP contribution in [0.15, 0.2) is 64.8 Å². The van der Waals surface area contributed by atoms with E-state index in [0.717, 1.165) is 36.3 Å². The van der Waals surface area contributed by atoms with Crippen molar-refractivity contribution in [3.05, 3.63) is 54.8 Å². The second-order valence-corrected chi connectivity index (χ2v) is 4.85. The van der Waals surface area contributed by atoms with Crippen LogP contribution in [-0.4, -0.2) is 23.5 Å². The summed E-state index contributed by atoms with van der Waals surface area (Å²) in [6.45, 7) is 4.69. The Hall–Kier alpha value is -2.42.